The maximum atomic E-state index is 10.9. The quantitative estimate of drug-likeness (QED) is 0.534. The molecule has 1 aromatic heterocycles. The monoisotopic (exact) mass is 205 g/mol. The molecule has 0 saturated carbocycles. The molecule has 0 aromatic carbocycles. The summed E-state index contributed by atoms with van der Waals surface area (Å²) in [7, 11) is 1.56. The maximum Gasteiger partial charge on any atom is 0.384 e. The second kappa shape index (κ2) is 5.66. The maximum absolute atomic E-state index is 10.9. The molecule has 4 heteroatoms. The molecule has 4 nitrogen and oxygen atoms in total. The van der Waals surface area contributed by atoms with Gasteiger partial charge in [-0.15, -0.1) is 0 Å². The van der Waals surface area contributed by atoms with Gasteiger partial charge >= 0.3 is 5.97 Å². The van der Waals surface area contributed by atoms with E-state index in [9.17, 15) is 4.79 Å². The van der Waals surface area contributed by atoms with Crippen molar-refractivity contribution in [2.24, 2.45) is 0 Å². The van der Waals surface area contributed by atoms with Crippen LogP contribution in [0.1, 0.15) is 12.6 Å². The van der Waals surface area contributed by atoms with Gasteiger partial charge in [-0.3, -0.25) is 0 Å². The van der Waals surface area contributed by atoms with Gasteiger partial charge in [-0.25, -0.2) is 9.78 Å². The molecule has 0 amide bonds. The van der Waals surface area contributed by atoms with Gasteiger partial charge in [-0.1, -0.05) is 0 Å². The van der Waals surface area contributed by atoms with Gasteiger partial charge in [0.1, 0.15) is 11.4 Å². The highest BCUT2D eigenvalue weighted by Crippen LogP contribution is 2.06. The first-order valence-corrected chi connectivity index (χ1v) is 4.45. The van der Waals surface area contributed by atoms with Crippen LogP contribution in [0.3, 0.4) is 0 Å². The van der Waals surface area contributed by atoms with Crippen LogP contribution in [0.4, 0.5) is 0 Å². The smallest absolute Gasteiger partial charge is 0.384 e. The number of ether oxygens (including phenoxy) is 2. The summed E-state index contributed by atoms with van der Waals surface area (Å²) in [5.74, 6) is 5.02. The van der Waals surface area contributed by atoms with Crippen LogP contribution in [-0.2, 0) is 9.53 Å². The van der Waals surface area contributed by atoms with Gasteiger partial charge in [0.2, 0.25) is 0 Å². The number of hydrogen-bond acceptors (Lipinski definition) is 4. The molecule has 1 rings (SSSR count). The van der Waals surface area contributed by atoms with Gasteiger partial charge < -0.3 is 9.47 Å². The van der Waals surface area contributed by atoms with E-state index < -0.39 is 5.97 Å². The van der Waals surface area contributed by atoms with Crippen molar-refractivity contribution in [2.75, 3.05) is 13.7 Å². The molecular formula is C11H11NO3. The van der Waals surface area contributed by atoms with E-state index in [2.05, 4.69) is 21.6 Å². The van der Waals surface area contributed by atoms with Crippen LogP contribution < -0.4 is 4.74 Å². The van der Waals surface area contributed by atoms with E-state index in [1.54, 1.807) is 26.2 Å². The molecule has 0 N–H and O–H groups in total. The number of nitrogens with zero attached hydrogens (tertiary/aromatic N) is 1. The molecule has 0 fully saturated rings. The second-order valence-corrected chi connectivity index (χ2v) is 2.55. The van der Waals surface area contributed by atoms with Crippen LogP contribution in [-0.4, -0.2) is 24.7 Å². The first-order chi connectivity index (χ1) is 7.26. The Kier molecular flexibility index (Phi) is 4.17. The molecule has 0 unspecified atom stereocenters. The Morgan fingerprint density at radius 3 is 2.87 bits per heavy atom. The van der Waals surface area contributed by atoms with Crippen LogP contribution in [0.15, 0.2) is 18.3 Å². The molecule has 0 aliphatic heterocycles. The average Bonchev–Trinajstić information content (AvgIpc) is 2.27. The SMILES string of the molecule is CCOC(=O)C#Cc1ccc(OC)cn1. The minimum absolute atomic E-state index is 0.323. The lowest BCUT2D eigenvalue weighted by Crippen LogP contribution is -1.99. The van der Waals surface area contributed by atoms with Crippen molar-refractivity contribution in [3.63, 3.8) is 0 Å². The normalized spacial score (nSPS) is 8.67. The first kappa shape index (κ1) is 11.1. The number of methoxy groups -OCH3 is 1. The summed E-state index contributed by atoms with van der Waals surface area (Å²) in [6.07, 6.45) is 1.54. The summed E-state index contributed by atoms with van der Waals surface area (Å²) in [4.78, 5) is 14.9. The fourth-order valence-corrected chi connectivity index (χ4v) is 0.857. The average molecular weight is 205 g/mol. The van der Waals surface area contributed by atoms with Crippen molar-refractivity contribution >= 4 is 5.97 Å². The molecule has 15 heavy (non-hydrogen) atoms. The number of aromatic nitrogens is 1. The lowest BCUT2D eigenvalue weighted by molar-refractivity contribution is -0.136. The zero-order valence-electron chi connectivity index (χ0n) is 8.61. The standard InChI is InChI=1S/C11H11NO3/c1-3-15-11(13)7-5-9-4-6-10(14-2)8-12-9/h4,6,8H,3H2,1-2H3. The molecular weight excluding hydrogens is 194 g/mol. The van der Waals surface area contributed by atoms with E-state index in [1.807, 2.05) is 0 Å². The summed E-state index contributed by atoms with van der Waals surface area (Å²) in [6, 6.07) is 3.40. The molecule has 0 aliphatic rings. The highest BCUT2D eigenvalue weighted by atomic mass is 16.5. The molecule has 0 aliphatic carbocycles. The fraction of sp³-hybridized carbons (Fsp3) is 0.273. The molecule has 0 radical (unpaired) electrons. The summed E-state index contributed by atoms with van der Waals surface area (Å²) in [5.41, 5.74) is 0.504. The summed E-state index contributed by atoms with van der Waals surface area (Å²) < 4.78 is 9.57. The number of carbonyl (C=O) groups is 1. The van der Waals surface area contributed by atoms with Crippen molar-refractivity contribution in [3.8, 4) is 17.6 Å². The Balaban J connectivity index is 2.68. The van der Waals surface area contributed by atoms with Crippen molar-refractivity contribution in [1.29, 1.82) is 0 Å². The van der Waals surface area contributed by atoms with E-state index in [-0.39, 0.29) is 0 Å². The van der Waals surface area contributed by atoms with Gasteiger partial charge in [0.05, 0.1) is 19.9 Å². The predicted octanol–water partition coefficient (Wildman–Crippen LogP) is 1.00. The van der Waals surface area contributed by atoms with E-state index >= 15 is 0 Å². The number of esters is 1. The predicted molar refractivity (Wildman–Crippen MR) is 54.3 cm³/mol. The lowest BCUT2D eigenvalue weighted by Gasteiger charge is -1.96. The number of carbonyl (C=O) groups excluding carboxylic acids is 1. The Bertz CT molecular complexity index is 387. The van der Waals surface area contributed by atoms with E-state index in [0.29, 0.717) is 18.1 Å². The third-order valence-electron chi connectivity index (χ3n) is 1.54. The topological polar surface area (TPSA) is 48.4 Å². The van der Waals surface area contributed by atoms with Gasteiger partial charge in [-0.2, -0.15) is 0 Å². The molecule has 0 saturated heterocycles. The number of rotatable bonds is 2. The van der Waals surface area contributed by atoms with Crippen LogP contribution in [0, 0.1) is 11.8 Å². The van der Waals surface area contributed by atoms with Crippen LogP contribution in [0.2, 0.25) is 0 Å². The van der Waals surface area contributed by atoms with E-state index in [0.717, 1.165) is 0 Å². The highest BCUT2D eigenvalue weighted by molar-refractivity contribution is 5.88. The zero-order valence-corrected chi connectivity index (χ0v) is 8.61. The Hall–Kier alpha value is -2.02. The minimum atomic E-state index is -0.546. The Morgan fingerprint density at radius 1 is 1.53 bits per heavy atom. The van der Waals surface area contributed by atoms with Crippen molar-refractivity contribution in [3.05, 3.63) is 24.0 Å². The minimum Gasteiger partial charge on any atom is -0.495 e. The first-order valence-electron chi connectivity index (χ1n) is 4.45. The summed E-state index contributed by atoms with van der Waals surface area (Å²) in [6.45, 7) is 2.05. The Morgan fingerprint density at radius 2 is 2.33 bits per heavy atom. The largest absolute Gasteiger partial charge is 0.495 e. The summed E-state index contributed by atoms with van der Waals surface area (Å²) in [5, 5.41) is 0. The van der Waals surface area contributed by atoms with Crippen LogP contribution in [0.25, 0.3) is 0 Å². The fourth-order valence-electron chi connectivity index (χ4n) is 0.857. The molecule has 78 valence electrons. The second-order valence-electron chi connectivity index (χ2n) is 2.55. The van der Waals surface area contributed by atoms with Gasteiger partial charge in [0.15, 0.2) is 0 Å². The van der Waals surface area contributed by atoms with Gasteiger partial charge in [0, 0.05) is 5.92 Å². The van der Waals surface area contributed by atoms with E-state index in [4.69, 9.17) is 4.74 Å². The molecule has 1 heterocycles. The highest BCUT2D eigenvalue weighted by Gasteiger charge is 1.94. The molecule has 0 atom stereocenters. The number of hydrogen-bond donors (Lipinski definition) is 0. The van der Waals surface area contributed by atoms with Crippen molar-refractivity contribution in [2.45, 2.75) is 6.92 Å². The third-order valence-corrected chi connectivity index (χ3v) is 1.54. The molecule has 1 aromatic rings. The molecule has 0 spiro atoms. The third kappa shape index (κ3) is 3.69. The zero-order chi connectivity index (χ0) is 11.1. The number of pyridine rings is 1. The van der Waals surface area contributed by atoms with Crippen LogP contribution >= 0.6 is 0 Å². The van der Waals surface area contributed by atoms with E-state index in [1.165, 1.54) is 6.20 Å². The van der Waals surface area contributed by atoms with Crippen molar-refractivity contribution < 1.29 is 14.3 Å². The van der Waals surface area contributed by atoms with Gasteiger partial charge in [-0.05, 0) is 25.0 Å². The molecule has 0 bridgehead atoms. The summed E-state index contributed by atoms with van der Waals surface area (Å²) >= 11 is 0. The lowest BCUT2D eigenvalue weighted by atomic mass is 10.3. The van der Waals surface area contributed by atoms with Crippen molar-refractivity contribution in [1.82, 2.24) is 4.98 Å². The van der Waals surface area contributed by atoms with Gasteiger partial charge in [0.25, 0.3) is 0 Å². The van der Waals surface area contributed by atoms with Crippen LogP contribution in [0.5, 0.6) is 5.75 Å². The Labute approximate surface area is 88.2 Å².